The van der Waals surface area contributed by atoms with Crippen LogP contribution in [0.5, 0.6) is 0 Å². The molecular formula is C20H26N2S2. The standard InChI is InChI=1S/C20H26N2S2/c1-12(2)16-9-10-17(20-19(16)21-24-22-20)13(3)6-7-14(4)18-11-8-15(5)23-18/h8-14H,6-7H2,1-5H3. The molecule has 0 saturated heterocycles. The molecule has 0 spiro atoms. The summed E-state index contributed by atoms with van der Waals surface area (Å²) >= 11 is 3.27. The molecule has 0 saturated carbocycles. The number of nitrogens with zero attached hydrogens (tertiary/aromatic N) is 2. The SMILES string of the molecule is Cc1ccc(C(C)CCC(C)c2ccc(C(C)C)c3nsnc23)s1. The van der Waals surface area contributed by atoms with E-state index in [2.05, 4.69) is 67.6 Å². The molecule has 0 bridgehead atoms. The van der Waals surface area contributed by atoms with E-state index in [1.807, 2.05) is 11.3 Å². The van der Waals surface area contributed by atoms with Crippen LogP contribution in [0.15, 0.2) is 24.3 Å². The van der Waals surface area contributed by atoms with Gasteiger partial charge in [0.15, 0.2) is 0 Å². The molecule has 2 unspecified atom stereocenters. The maximum absolute atomic E-state index is 4.60. The van der Waals surface area contributed by atoms with E-state index in [1.165, 1.54) is 45.5 Å². The quantitative estimate of drug-likeness (QED) is 0.480. The van der Waals surface area contributed by atoms with Crippen LogP contribution in [0, 0.1) is 6.92 Å². The first-order valence-electron chi connectivity index (χ1n) is 8.78. The summed E-state index contributed by atoms with van der Waals surface area (Å²) < 4.78 is 9.16. The molecule has 24 heavy (non-hydrogen) atoms. The molecule has 3 aromatic rings. The molecule has 1 aromatic carbocycles. The number of thiophene rings is 1. The average Bonchev–Trinajstić information content (AvgIpc) is 3.19. The third-order valence-electron chi connectivity index (χ3n) is 4.91. The highest BCUT2D eigenvalue weighted by molar-refractivity contribution is 7.12. The first-order chi connectivity index (χ1) is 11.5. The highest BCUT2D eigenvalue weighted by Gasteiger charge is 2.18. The molecule has 2 heterocycles. The van der Waals surface area contributed by atoms with Crippen LogP contribution in [0.25, 0.3) is 11.0 Å². The van der Waals surface area contributed by atoms with Crippen LogP contribution in [0.3, 0.4) is 0 Å². The van der Waals surface area contributed by atoms with Gasteiger partial charge in [-0.3, -0.25) is 0 Å². The van der Waals surface area contributed by atoms with E-state index in [4.69, 9.17) is 0 Å². The second-order valence-electron chi connectivity index (χ2n) is 7.19. The first kappa shape index (κ1) is 17.6. The van der Waals surface area contributed by atoms with Gasteiger partial charge < -0.3 is 0 Å². The normalized spacial score (nSPS) is 14.4. The second kappa shape index (κ2) is 7.32. The number of fused-ring (bicyclic) bond motifs is 1. The Bertz CT molecular complexity index is 816. The van der Waals surface area contributed by atoms with Crippen LogP contribution >= 0.6 is 23.1 Å². The fourth-order valence-corrected chi connectivity index (χ4v) is 4.84. The van der Waals surface area contributed by atoms with Crippen molar-refractivity contribution < 1.29 is 0 Å². The summed E-state index contributed by atoms with van der Waals surface area (Å²) in [4.78, 5) is 2.92. The minimum absolute atomic E-state index is 0.489. The molecular weight excluding hydrogens is 332 g/mol. The Balaban J connectivity index is 1.76. The van der Waals surface area contributed by atoms with Gasteiger partial charge in [-0.2, -0.15) is 8.75 Å². The van der Waals surface area contributed by atoms with Crippen molar-refractivity contribution in [1.29, 1.82) is 0 Å². The summed E-state index contributed by atoms with van der Waals surface area (Å²) in [5.41, 5.74) is 4.91. The maximum atomic E-state index is 4.60. The van der Waals surface area contributed by atoms with Crippen molar-refractivity contribution in [2.45, 2.75) is 65.2 Å². The molecule has 0 aliphatic carbocycles. The summed E-state index contributed by atoms with van der Waals surface area (Å²) in [7, 11) is 0. The Morgan fingerprint density at radius 3 is 2.08 bits per heavy atom. The van der Waals surface area contributed by atoms with E-state index in [-0.39, 0.29) is 0 Å². The van der Waals surface area contributed by atoms with Crippen molar-refractivity contribution in [2.75, 3.05) is 0 Å². The van der Waals surface area contributed by atoms with Gasteiger partial charge in [0, 0.05) is 9.75 Å². The number of aromatic nitrogens is 2. The maximum Gasteiger partial charge on any atom is 0.108 e. The Hall–Kier alpha value is -1.26. The molecule has 3 rings (SSSR count). The molecule has 0 aliphatic heterocycles. The molecule has 0 radical (unpaired) electrons. The zero-order valence-electron chi connectivity index (χ0n) is 15.2. The van der Waals surface area contributed by atoms with Crippen molar-refractivity contribution in [3.63, 3.8) is 0 Å². The molecule has 0 aliphatic rings. The lowest BCUT2D eigenvalue weighted by molar-refractivity contribution is 0.580. The third kappa shape index (κ3) is 3.55. The van der Waals surface area contributed by atoms with Crippen LogP contribution in [0.2, 0.25) is 0 Å². The van der Waals surface area contributed by atoms with Gasteiger partial charge in [-0.05, 0) is 60.8 Å². The van der Waals surface area contributed by atoms with E-state index in [9.17, 15) is 0 Å². The lowest BCUT2D eigenvalue weighted by Crippen LogP contribution is -2.00. The van der Waals surface area contributed by atoms with E-state index >= 15 is 0 Å². The van der Waals surface area contributed by atoms with Crippen molar-refractivity contribution in [1.82, 2.24) is 8.75 Å². The van der Waals surface area contributed by atoms with E-state index in [0.29, 0.717) is 17.8 Å². The number of hydrogen-bond acceptors (Lipinski definition) is 4. The van der Waals surface area contributed by atoms with Crippen molar-refractivity contribution in [3.8, 4) is 0 Å². The predicted molar refractivity (Wildman–Crippen MR) is 107 cm³/mol. The van der Waals surface area contributed by atoms with Crippen LogP contribution in [-0.2, 0) is 0 Å². The van der Waals surface area contributed by atoms with Gasteiger partial charge in [0.2, 0.25) is 0 Å². The summed E-state index contributed by atoms with van der Waals surface area (Å²) in [6, 6.07) is 9.06. The van der Waals surface area contributed by atoms with Gasteiger partial charge in [-0.15, -0.1) is 11.3 Å². The van der Waals surface area contributed by atoms with Crippen LogP contribution < -0.4 is 0 Å². The van der Waals surface area contributed by atoms with Gasteiger partial charge in [-0.25, -0.2) is 0 Å². The predicted octanol–water partition coefficient (Wildman–Crippen LogP) is 6.87. The Kier molecular flexibility index (Phi) is 5.36. The molecule has 2 nitrogen and oxygen atoms in total. The fourth-order valence-electron chi connectivity index (χ4n) is 3.28. The van der Waals surface area contributed by atoms with Crippen LogP contribution in [0.1, 0.15) is 79.2 Å². The summed E-state index contributed by atoms with van der Waals surface area (Å²) in [5.74, 6) is 1.63. The number of hydrogen-bond donors (Lipinski definition) is 0. The first-order valence-corrected chi connectivity index (χ1v) is 10.3. The molecule has 2 atom stereocenters. The van der Waals surface area contributed by atoms with Gasteiger partial charge in [-0.1, -0.05) is 39.8 Å². The third-order valence-corrected chi connectivity index (χ3v) is 6.67. The second-order valence-corrected chi connectivity index (χ2v) is 9.04. The number of aryl methyl sites for hydroxylation is 1. The Morgan fingerprint density at radius 1 is 0.833 bits per heavy atom. The van der Waals surface area contributed by atoms with Gasteiger partial charge in [0.05, 0.1) is 11.7 Å². The zero-order chi connectivity index (χ0) is 17.3. The van der Waals surface area contributed by atoms with Crippen molar-refractivity contribution >= 4 is 34.1 Å². The van der Waals surface area contributed by atoms with E-state index in [1.54, 1.807) is 0 Å². The smallest absolute Gasteiger partial charge is 0.108 e. The summed E-state index contributed by atoms with van der Waals surface area (Å²) in [6.45, 7) is 11.3. The van der Waals surface area contributed by atoms with E-state index in [0.717, 1.165) is 11.0 Å². The van der Waals surface area contributed by atoms with Crippen molar-refractivity contribution in [3.05, 3.63) is 45.1 Å². The molecule has 0 amide bonds. The Morgan fingerprint density at radius 2 is 1.46 bits per heavy atom. The summed E-state index contributed by atoms with van der Waals surface area (Å²) in [6.07, 6.45) is 2.40. The van der Waals surface area contributed by atoms with E-state index < -0.39 is 0 Å². The van der Waals surface area contributed by atoms with Gasteiger partial charge in [0.25, 0.3) is 0 Å². The molecule has 0 N–H and O–H groups in total. The van der Waals surface area contributed by atoms with Crippen LogP contribution in [-0.4, -0.2) is 8.75 Å². The highest BCUT2D eigenvalue weighted by atomic mass is 32.1. The number of rotatable bonds is 6. The van der Waals surface area contributed by atoms with Crippen molar-refractivity contribution in [2.24, 2.45) is 0 Å². The average molecular weight is 359 g/mol. The minimum atomic E-state index is 0.489. The monoisotopic (exact) mass is 358 g/mol. The minimum Gasteiger partial charge on any atom is -0.173 e. The van der Waals surface area contributed by atoms with Gasteiger partial charge in [0.1, 0.15) is 11.0 Å². The number of benzene rings is 1. The summed E-state index contributed by atoms with van der Waals surface area (Å²) in [5, 5.41) is 0. The zero-order valence-corrected chi connectivity index (χ0v) is 16.8. The molecule has 2 aromatic heterocycles. The van der Waals surface area contributed by atoms with Crippen LogP contribution in [0.4, 0.5) is 0 Å². The highest BCUT2D eigenvalue weighted by Crippen LogP contribution is 2.35. The largest absolute Gasteiger partial charge is 0.173 e. The Labute approximate surface area is 153 Å². The topological polar surface area (TPSA) is 25.8 Å². The molecule has 4 heteroatoms. The lowest BCUT2D eigenvalue weighted by atomic mass is 9.89. The lowest BCUT2D eigenvalue weighted by Gasteiger charge is -2.17. The van der Waals surface area contributed by atoms with Gasteiger partial charge >= 0.3 is 0 Å². The molecule has 128 valence electrons. The molecule has 0 fully saturated rings. The fraction of sp³-hybridized carbons (Fsp3) is 0.500.